The number of nitrogens with one attached hydrogen (secondary N) is 1. The number of amides is 1. The molecule has 0 aliphatic carbocycles. The van der Waals surface area contributed by atoms with Crippen LogP contribution in [0.15, 0.2) is 12.4 Å². The Morgan fingerprint density at radius 2 is 2.10 bits per heavy atom. The summed E-state index contributed by atoms with van der Waals surface area (Å²) in [6.45, 7) is 5.07. The van der Waals surface area contributed by atoms with E-state index in [-0.39, 0.29) is 5.91 Å². The first-order chi connectivity index (χ1) is 10.3. The Labute approximate surface area is 124 Å². The smallest absolute Gasteiger partial charge is 0.274 e. The van der Waals surface area contributed by atoms with Gasteiger partial charge in [-0.2, -0.15) is 0 Å². The van der Waals surface area contributed by atoms with E-state index >= 15 is 0 Å². The zero-order chi connectivity index (χ0) is 14.7. The van der Waals surface area contributed by atoms with Gasteiger partial charge in [0.25, 0.3) is 5.91 Å². The van der Waals surface area contributed by atoms with Gasteiger partial charge in [0.2, 0.25) is 0 Å². The summed E-state index contributed by atoms with van der Waals surface area (Å²) in [6, 6.07) is 0.447. The highest BCUT2D eigenvalue weighted by atomic mass is 16.5. The number of aromatic nitrogens is 2. The number of likely N-dealkylation sites (tertiary alicyclic amines) is 1. The highest BCUT2D eigenvalue weighted by Crippen LogP contribution is 2.18. The number of anilines is 1. The van der Waals surface area contributed by atoms with E-state index in [9.17, 15) is 4.79 Å². The first-order valence-electron chi connectivity index (χ1n) is 7.39. The van der Waals surface area contributed by atoms with Gasteiger partial charge in [-0.1, -0.05) is 0 Å². The Morgan fingerprint density at radius 1 is 1.29 bits per heavy atom. The summed E-state index contributed by atoms with van der Waals surface area (Å²) < 4.78 is 5.38. The summed E-state index contributed by atoms with van der Waals surface area (Å²) in [5, 5.41) is 2.90. The average Bonchev–Trinajstić information content (AvgIpc) is 3.05. The highest BCUT2D eigenvalue weighted by molar-refractivity contribution is 5.92. The standard InChI is InChI=1S/C14H21N5O2/c1-15-13-9-16-12(8-17-13)14(20)19-3-2-11(10-19)18-4-6-21-7-5-18/h8-9,11H,2-7,10H2,1H3,(H,15,17). The van der Waals surface area contributed by atoms with Crippen molar-refractivity contribution in [3.05, 3.63) is 18.1 Å². The lowest BCUT2D eigenvalue weighted by molar-refractivity contribution is 0.0185. The zero-order valence-corrected chi connectivity index (χ0v) is 12.3. The fourth-order valence-electron chi connectivity index (χ4n) is 2.90. The third kappa shape index (κ3) is 3.14. The minimum atomic E-state index is -0.0269. The van der Waals surface area contributed by atoms with Gasteiger partial charge in [-0.25, -0.2) is 9.97 Å². The Balaban J connectivity index is 1.60. The maximum absolute atomic E-state index is 12.4. The van der Waals surface area contributed by atoms with Crippen LogP contribution in [0.4, 0.5) is 5.82 Å². The summed E-state index contributed by atoms with van der Waals surface area (Å²) in [5.74, 6) is 0.639. The van der Waals surface area contributed by atoms with Crippen molar-refractivity contribution in [2.45, 2.75) is 12.5 Å². The lowest BCUT2D eigenvalue weighted by Crippen LogP contribution is -2.45. The van der Waals surface area contributed by atoms with Crippen LogP contribution in [0.2, 0.25) is 0 Å². The zero-order valence-electron chi connectivity index (χ0n) is 12.3. The quantitative estimate of drug-likeness (QED) is 0.849. The van der Waals surface area contributed by atoms with Crippen LogP contribution in [-0.2, 0) is 4.74 Å². The van der Waals surface area contributed by atoms with Gasteiger partial charge >= 0.3 is 0 Å². The molecular weight excluding hydrogens is 270 g/mol. The predicted molar refractivity (Wildman–Crippen MR) is 78.3 cm³/mol. The molecule has 2 saturated heterocycles. The molecule has 1 amide bonds. The topological polar surface area (TPSA) is 70.6 Å². The van der Waals surface area contributed by atoms with Crippen LogP contribution in [0.5, 0.6) is 0 Å². The Morgan fingerprint density at radius 3 is 2.76 bits per heavy atom. The van der Waals surface area contributed by atoms with Crippen molar-refractivity contribution in [2.75, 3.05) is 51.8 Å². The highest BCUT2D eigenvalue weighted by Gasteiger charge is 2.32. The van der Waals surface area contributed by atoms with E-state index in [1.54, 1.807) is 13.2 Å². The minimum absolute atomic E-state index is 0.0269. The molecule has 0 saturated carbocycles. The molecular formula is C14H21N5O2. The SMILES string of the molecule is CNc1cnc(C(=O)N2CCC(N3CCOCC3)C2)cn1. The monoisotopic (exact) mass is 291 g/mol. The summed E-state index contributed by atoms with van der Waals surface area (Å²) in [4.78, 5) is 25.1. The van der Waals surface area contributed by atoms with Crippen LogP contribution in [0, 0.1) is 0 Å². The molecule has 0 bridgehead atoms. The van der Waals surface area contributed by atoms with Gasteiger partial charge in [-0.3, -0.25) is 9.69 Å². The molecule has 3 heterocycles. The van der Waals surface area contributed by atoms with E-state index in [1.807, 2.05) is 4.90 Å². The summed E-state index contributed by atoms with van der Waals surface area (Å²) in [6.07, 6.45) is 4.15. The number of rotatable bonds is 3. The fraction of sp³-hybridized carbons (Fsp3) is 0.643. The fourth-order valence-corrected chi connectivity index (χ4v) is 2.90. The van der Waals surface area contributed by atoms with Crippen molar-refractivity contribution >= 4 is 11.7 Å². The van der Waals surface area contributed by atoms with Crippen LogP contribution in [0.3, 0.4) is 0 Å². The van der Waals surface area contributed by atoms with Gasteiger partial charge in [-0.05, 0) is 6.42 Å². The van der Waals surface area contributed by atoms with Crippen LogP contribution >= 0.6 is 0 Å². The molecule has 7 heteroatoms. The van der Waals surface area contributed by atoms with Gasteiger partial charge < -0.3 is 15.0 Å². The molecule has 3 rings (SSSR count). The third-order valence-electron chi connectivity index (χ3n) is 4.14. The van der Waals surface area contributed by atoms with E-state index in [0.717, 1.165) is 45.8 Å². The van der Waals surface area contributed by atoms with E-state index in [0.29, 0.717) is 17.6 Å². The van der Waals surface area contributed by atoms with Crippen LogP contribution in [-0.4, -0.2) is 78.2 Å². The maximum Gasteiger partial charge on any atom is 0.274 e. The van der Waals surface area contributed by atoms with Crippen molar-refractivity contribution in [1.29, 1.82) is 0 Å². The molecule has 1 N–H and O–H groups in total. The molecule has 7 nitrogen and oxygen atoms in total. The Kier molecular flexibility index (Phi) is 4.31. The Hall–Kier alpha value is -1.73. The van der Waals surface area contributed by atoms with Gasteiger partial charge in [0.05, 0.1) is 25.6 Å². The molecule has 1 aromatic rings. The van der Waals surface area contributed by atoms with E-state index in [4.69, 9.17) is 4.74 Å². The van der Waals surface area contributed by atoms with E-state index < -0.39 is 0 Å². The molecule has 114 valence electrons. The number of carbonyl (C=O) groups is 1. The van der Waals surface area contributed by atoms with E-state index in [1.165, 1.54) is 6.20 Å². The summed E-state index contributed by atoms with van der Waals surface area (Å²) >= 11 is 0. The van der Waals surface area contributed by atoms with Crippen LogP contribution in [0.25, 0.3) is 0 Å². The molecule has 0 spiro atoms. The molecule has 1 aromatic heterocycles. The van der Waals surface area contributed by atoms with Gasteiger partial charge in [-0.15, -0.1) is 0 Å². The average molecular weight is 291 g/mol. The van der Waals surface area contributed by atoms with E-state index in [2.05, 4.69) is 20.2 Å². The molecule has 1 unspecified atom stereocenters. The second kappa shape index (κ2) is 6.36. The van der Waals surface area contributed by atoms with Crippen molar-refractivity contribution in [3.8, 4) is 0 Å². The van der Waals surface area contributed by atoms with Crippen LogP contribution in [0.1, 0.15) is 16.9 Å². The molecule has 21 heavy (non-hydrogen) atoms. The number of hydrogen-bond acceptors (Lipinski definition) is 6. The van der Waals surface area contributed by atoms with Crippen LogP contribution < -0.4 is 5.32 Å². The predicted octanol–water partition coefficient (Wildman–Crippen LogP) is 0.0650. The third-order valence-corrected chi connectivity index (χ3v) is 4.14. The summed E-state index contributed by atoms with van der Waals surface area (Å²) in [7, 11) is 1.78. The number of nitrogens with zero attached hydrogens (tertiary/aromatic N) is 4. The van der Waals surface area contributed by atoms with Gasteiger partial charge in [0.15, 0.2) is 0 Å². The first-order valence-corrected chi connectivity index (χ1v) is 7.39. The van der Waals surface area contributed by atoms with Crippen molar-refractivity contribution < 1.29 is 9.53 Å². The van der Waals surface area contributed by atoms with Crippen molar-refractivity contribution in [1.82, 2.24) is 19.8 Å². The molecule has 1 atom stereocenters. The molecule has 2 aliphatic heterocycles. The largest absolute Gasteiger partial charge is 0.379 e. The molecule has 0 radical (unpaired) electrons. The number of morpholine rings is 1. The second-order valence-corrected chi connectivity index (χ2v) is 5.38. The number of carbonyl (C=O) groups excluding carboxylic acids is 1. The molecule has 2 aliphatic rings. The van der Waals surface area contributed by atoms with Crippen molar-refractivity contribution in [2.24, 2.45) is 0 Å². The van der Waals surface area contributed by atoms with Crippen molar-refractivity contribution in [3.63, 3.8) is 0 Å². The molecule has 2 fully saturated rings. The minimum Gasteiger partial charge on any atom is -0.379 e. The Bertz CT molecular complexity index is 487. The summed E-state index contributed by atoms with van der Waals surface area (Å²) in [5.41, 5.74) is 0.414. The maximum atomic E-state index is 12.4. The van der Waals surface area contributed by atoms with Gasteiger partial charge in [0.1, 0.15) is 11.5 Å². The first kappa shape index (κ1) is 14.2. The second-order valence-electron chi connectivity index (χ2n) is 5.38. The van der Waals surface area contributed by atoms with Gasteiger partial charge in [0, 0.05) is 39.3 Å². The number of ether oxygens (including phenoxy) is 1. The lowest BCUT2D eigenvalue weighted by atomic mass is 10.2. The normalized spacial score (nSPS) is 23.3. The lowest BCUT2D eigenvalue weighted by Gasteiger charge is -2.32. The molecule has 0 aromatic carbocycles. The number of hydrogen-bond donors (Lipinski definition) is 1.